The summed E-state index contributed by atoms with van der Waals surface area (Å²) in [6, 6.07) is 5.44. The Bertz CT molecular complexity index is 333. The second-order valence-electron chi connectivity index (χ2n) is 4.03. The highest BCUT2D eigenvalue weighted by Gasteiger charge is 2.36. The van der Waals surface area contributed by atoms with E-state index in [1.807, 2.05) is 6.92 Å². The van der Waals surface area contributed by atoms with Gasteiger partial charge in [-0.25, -0.2) is 0 Å². The van der Waals surface area contributed by atoms with Gasteiger partial charge in [0.25, 0.3) is 0 Å². The molecule has 0 spiro atoms. The van der Waals surface area contributed by atoms with Gasteiger partial charge in [0.05, 0.1) is 5.56 Å². The Labute approximate surface area is 87.1 Å². The number of halogens is 3. The van der Waals surface area contributed by atoms with E-state index in [1.165, 1.54) is 18.8 Å². The molecule has 0 amide bonds. The maximum atomic E-state index is 12.3. The van der Waals surface area contributed by atoms with Gasteiger partial charge in [-0.15, -0.1) is 0 Å². The van der Waals surface area contributed by atoms with Crippen molar-refractivity contribution in [1.82, 2.24) is 0 Å². The smallest absolute Gasteiger partial charge is 0.166 e. The summed E-state index contributed by atoms with van der Waals surface area (Å²) in [6.07, 6.45) is -1.88. The molecule has 1 aliphatic carbocycles. The molecule has 0 aliphatic heterocycles. The Balaban J connectivity index is 2.16. The van der Waals surface area contributed by atoms with Crippen LogP contribution in [-0.4, -0.2) is 0 Å². The first kappa shape index (κ1) is 10.4. The molecule has 1 saturated carbocycles. The second-order valence-corrected chi connectivity index (χ2v) is 4.03. The fraction of sp³-hybridized carbons (Fsp3) is 0.417. The van der Waals surface area contributed by atoms with Gasteiger partial charge in [-0.05, 0) is 12.8 Å². The summed E-state index contributed by atoms with van der Waals surface area (Å²) in [4.78, 5) is 0. The lowest BCUT2D eigenvalue weighted by Crippen LogP contribution is -2.05. The van der Waals surface area contributed by atoms with Crippen molar-refractivity contribution in [2.75, 3.05) is 0 Å². The third-order valence-electron chi connectivity index (χ3n) is 2.86. The summed E-state index contributed by atoms with van der Waals surface area (Å²) in [5, 5.41) is 0. The predicted octanol–water partition coefficient (Wildman–Crippen LogP) is 4.06. The number of hydrogen-bond donors (Lipinski definition) is 0. The van der Waals surface area contributed by atoms with Crippen LogP contribution in [0.25, 0.3) is 0 Å². The highest BCUT2D eigenvalue weighted by Crippen LogP contribution is 2.41. The molecule has 1 aliphatic rings. The van der Waals surface area contributed by atoms with Crippen molar-refractivity contribution in [2.24, 2.45) is 5.92 Å². The van der Waals surface area contributed by atoms with Crippen molar-refractivity contribution >= 4 is 0 Å². The van der Waals surface area contributed by atoms with Gasteiger partial charge in [-0.3, -0.25) is 0 Å². The Kier molecular flexibility index (Phi) is 2.41. The highest BCUT2D eigenvalue weighted by molar-refractivity contribution is 5.35. The van der Waals surface area contributed by atoms with Crippen LogP contribution in [-0.2, 0) is 6.18 Å². The van der Waals surface area contributed by atoms with Crippen molar-refractivity contribution < 1.29 is 13.2 Å². The molecule has 0 bridgehead atoms. The monoisotopic (exact) mass is 213 g/mol. The molecule has 3 heteroatoms. The fourth-order valence-electron chi connectivity index (χ4n) is 1.67. The van der Waals surface area contributed by atoms with Gasteiger partial charge in [-0.2, -0.15) is 13.2 Å². The summed E-state index contributed by atoms with van der Waals surface area (Å²) in [5.41, 5.74) is 0.361. The summed E-state index contributed by atoms with van der Waals surface area (Å²) in [6.45, 7) is 2.00. The number of hydrogen-bond acceptors (Lipinski definition) is 0. The molecular formula is C12H12F3+. The van der Waals surface area contributed by atoms with Crippen molar-refractivity contribution in [3.63, 3.8) is 0 Å². The first-order chi connectivity index (χ1) is 6.98. The standard InChI is InChI=1S/C12H12F3/c1-8(9-2-3-9)10-4-6-11(7-5-10)12(13,14)15/h4-7,9H,2-3H2,1H3/q+1. The van der Waals surface area contributed by atoms with E-state index < -0.39 is 11.7 Å². The molecule has 1 aromatic rings. The topological polar surface area (TPSA) is 0 Å². The molecule has 0 N–H and O–H groups in total. The first-order valence-electron chi connectivity index (χ1n) is 4.99. The lowest BCUT2D eigenvalue weighted by Gasteiger charge is -2.06. The predicted molar refractivity (Wildman–Crippen MR) is 52.2 cm³/mol. The fourth-order valence-corrected chi connectivity index (χ4v) is 1.67. The largest absolute Gasteiger partial charge is 0.418 e. The normalized spacial score (nSPS) is 16.5. The zero-order valence-corrected chi connectivity index (χ0v) is 8.43. The van der Waals surface area contributed by atoms with Gasteiger partial charge in [0, 0.05) is 43.0 Å². The third-order valence-corrected chi connectivity index (χ3v) is 2.86. The van der Waals surface area contributed by atoms with E-state index in [1.54, 1.807) is 12.1 Å². The van der Waals surface area contributed by atoms with Crippen LogP contribution in [0.5, 0.6) is 0 Å². The van der Waals surface area contributed by atoms with E-state index in [-0.39, 0.29) is 0 Å². The Morgan fingerprint density at radius 3 is 2.07 bits per heavy atom. The average molecular weight is 213 g/mol. The maximum absolute atomic E-state index is 12.3. The van der Waals surface area contributed by atoms with Crippen LogP contribution in [0.4, 0.5) is 13.2 Å². The van der Waals surface area contributed by atoms with Crippen LogP contribution in [0.3, 0.4) is 0 Å². The molecule has 0 aromatic heterocycles. The van der Waals surface area contributed by atoms with E-state index in [2.05, 4.69) is 0 Å². The van der Waals surface area contributed by atoms with Gasteiger partial charge >= 0.3 is 6.18 Å². The second kappa shape index (κ2) is 3.47. The van der Waals surface area contributed by atoms with E-state index in [9.17, 15) is 13.2 Å². The molecule has 0 nitrogen and oxygen atoms in total. The van der Waals surface area contributed by atoms with Crippen LogP contribution < -0.4 is 0 Å². The lowest BCUT2D eigenvalue weighted by atomic mass is 9.95. The Morgan fingerprint density at radius 2 is 1.67 bits per heavy atom. The van der Waals surface area contributed by atoms with Crippen LogP contribution >= 0.6 is 0 Å². The lowest BCUT2D eigenvalue weighted by molar-refractivity contribution is -0.137. The number of alkyl halides is 3. The minimum absolute atomic E-state index is 0.574. The SMILES string of the molecule is C[C+](c1ccc(C(F)(F)F)cc1)C1CC1. The summed E-state index contributed by atoms with van der Waals surface area (Å²) >= 11 is 0. The molecule has 0 radical (unpaired) electrons. The zero-order valence-electron chi connectivity index (χ0n) is 8.43. The van der Waals surface area contributed by atoms with Crippen molar-refractivity contribution in [3.8, 4) is 0 Å². The Hall–Kier alpha value is -1.12. The Morgan fingerprint density at radius 1 is 1.13 bits per heavy atom. The summed E-state index contributed by atoms with van der Waals surface area (Å²) in [5.74, 6) is 1.81. The summed E-state index contributed by atoms with van der Waals surface area (Å²) < 4.78 is 36.9. The van der Waals surface area contributed by atoms with E-state index in [4.69, 9.17) is 0 Å². The van der Waals surface area contributed by atoms with E-state index in [0.717, 1.165) is 17.7 Å². The van der Waals surface area contributed by atoms with Crippen LogP contribution in [0.1, 0.15) is 30.9 Å². The molecule has 2 rings (SSSR count). The highest BCUT2D eigenvalue weighted by atomic mass is 19.4. The van der Waals surface area contributed by atoms with Crippen molar-refractivity contribution in [3.05, 3.63) is 41.3 Å². The van der Waals surface area contributed by atoms with Gasteiger partial charge < -0.3 is 0 Å². The molecule has 0 unspecified atom stereocenters. The number of benzene rings is 1. The van der Waals surface area contributed by atoms with Crippen molar-refractivity contribution in [1.29, 1.82) is 0 Å². The van der Waals surface area contributed by atoms with E-state index in [0.29, 0.717) is 5.92 Å². The van der Waals surface area contributed by atoms with E-state index >= 15 is 0 Å². The molecule has 0 atom stereocenters. The summed E-state index contributed by atoms with van der Waals surface area (Å²) in [7, 11) is 0. The molecule has 1 fully saturated rings. The van der Waals surface area contributed by atoms with Gasteiger partial charge in [0.1, 0.15) is 5.56 Å². The van der Waals surface area contributed by atoms with Crippen LogP contribution in [0.15, 0.2) is 24.3 Å². The van der Waals surface area contributed by atoms with Gasteiger partial charge in [0.2, 0.25) is 0 Å². The molecule has 1 aromatic carbocycles. The van der Waals surface area contributed by atoms with Crippen molar-refractivity contribution in [2.45, 2.75) is 25.9 Å². The van der Waals surface area contributed by atoms with Crippen LogP contribution in [0.2, 0.25) is 0 Å². The molecule has 80 valence electrons. The zero-order chi connectivity index (χ0) is 11.1. The maximum Gasteiger partial charge on any atom is 0.418 e. The molecule has 15 heavy (non-hydrogen) atoms. The quantitative estimate of drug-likeness (QED) is 0.650. The van der Waals surface area contributed by atoms with Crippen LogP contribution in [0, 0.1) is 11.8 Å². The molecule has 0 saturated heterocycles. The van der Waals surface area contributed by atoms with Gasteiger partial charge in [-0.1, -0.05) is 0 Å². The molecule has 0 heterocycles. The third kappa shape index (κ3) is 2.28. The van der Waals surface area contributed by atoms with Gasteiger partial charge in [0.15, 0.2) is 0 Å². The minimum Gasteiger partial charge on any atom is -0.166 e. The minimum atomic E-state index is -4.23. The number of rotatable bonds is 2. The molecular weight excluding hydrogens is 201 g/mol. The average Bonchev–Trinajstić information content (AvgIpc) is 2.99. The first-order valence-corrected chi connectivity index (χ1v) is 4.99.